The normalized spacial score (nSPS) is 16.5. The van der Waals surface area contributed by atoms with Crippen molar-refractivity contribution in [1.82, 2.24) is 5.32 Å². The van der Waals surface area contributed by atoms with E-state index < -0.39 is 0 Å². The minimum absolute atomic E-state index is 0.00361. The number of para-hydroxylation sites is 1. The zero-order valence-electron chi connectivity index (χ0n) is 12.5. The summed E-state index contributed by atoms with van der Waals surface area (Å²) in [6.45, 7) is 1.17. The molecule has 4 heteroatoms. The molecule has 1 aliphatic rings. The van der Waals surface area contributed by atoms with Gasteiger partial charge in [0, 0.05) is 24.7 Å². The summed E-state index contributed by atoms with van der Waals surface area (Å²) in [5.74, 6) is 0.792. The highest BCUT2D eigenvalue weighted by atomic mass is 16.5. The van der Waals surface area contributed by atoms with Crippen molar-refractivity contribution in [3.63, 3.8) is 0 Å². The van der Waals surface area contributed by atoms with Gasteiger partial charge in [-0.1, -0.05) is 30.3 Å². The lowest BCUT2D eigenvalue weighted by Gasteiger charge is -2.26. The fourth-order valence-electron chi connectivity index (χ4n) is 2.65. The maximum atomic E-state index is 12.4. The Balaban J connectivity index is 1.72. The van der Waals surface area contributed by atoms with E-state index in [9.17, 15) is 4.79 Å². The van der Waals surface area contributed by atoms with Gasteiger partial charge in [-0.25, -0.2) is 0 Å². The van der Waals surface area contributed by atoms with E-state index in [1.54, 1.807) is 7.11 Å². The Bertz CT molecular complexity index is 652. The molecule has 3 rings (SSSR count). The lowest BCUT2D eigenvalue weighted by atomic mass is 10.00. The molecule has 1 amide bonds. The Labute approximate surface area is 130 Å². The molecule has 0 saturated heterocycles. The van der Waals surface area contributed by atoms with Gasteiger partial charge in [-0.15, -0.1) is 0 Å². The van der Waals surface area contributed by atoms with Crippen molar-refractivity contribution >= 4 is 5.91 Å². The summed E-state index contributed by atoms with van der Waals surface area (Å²) in [4.78, 5) is 12.4. The molecule has 114 valence electrons. The third-order valence-electron chi connectivity index (χ3n) is 3.79. The maximum absolute atomic E-state index is 12.4. The molecule has 0 fully saturated rings. The van der Waals surface area contributed by atoms with E-state index in [-0.39, 0.29) is 11.9 Å². The van der Waals surface area contributed by atoms with Crippen molar-refractivity contribution in [3.8, 4) is 5.75 Å². The molecule has 0 saturated carbocycles. The van der Waals surface area contributed by atoms with Crippen molar-refractivity contribution in [2.45, 2.75) is 19.1 Å². The number of benzene rings is 2. The number of amides is 1. The average Bonchev–Trinajstić information content (AvgIpc) is 2.56. The Hall–Kier alpha value is -2.33. The topological polar surface area (TPSA) is 47.6 Å². The Kier molecular flexibility index (Phi) is 4.39. The highest BCUT2D eigenvalue weighted by Crippen LogP contribution is 2.31. The summed E-state index contributed by atoms with van der Waals surface area (Å²) in [5.41, 5.74) is 2.75. The number of fused-ring (bicyclic) bond motifs is 1. The van der Waals surface area contributed by atoms with Crippen LogP contribution >= 0.6 is 0 Å². The van der Waals surface area contributed by atoms with Gasteiger partial charge in [0.2, 0.25) is 0 Å². The van der Waals surface area contributed by atoms with Crippen LogP contribution in [0.2, 0.25) is 0 Å². The van der Waals surface area contributed by atoms with Crippen molar-refractivity contribution in [2.24, 2.45) is 0 Å². The molecule has 0 aromatic heterocycles. The first-order valence-corrected chi connectivity index (χ1v) is 7.38. The molecular weight excluding hydrogens is 278 g/mol. The summed E-state index contributed by atoms with van der Waals surface area (Å²) < 4.78 is 10.7. The second-order valence-electron chi connectivity index (χ2n) is 5.33. The van der Waals surface area contributed by atoms with E-state index in [0.717, 1.165) is 23.3 Å². The van der Waals surface area contributed by atoms with Crippen molar-refractivity contribution in [3.05, 3.63) is 65.2 Å². The maximum Gasteiger partial charge on any atom is 0.251 e. The minimum Gasteiger partial charge on any atom is -0.493 e. The van der Waals surface area contributed by atoms with E-state index in [1.165, 1.54) is 0 Å². The number of hydrogen-bond donors (Lipinski definition) is 1. The molecule has 0 spiro atoms. The largest absolute Gasteiger partial charge is 0.493 e. The van der Waals surface area contributed by atoms with Gasteiger partial charge in [0.25, 0.3) is 5.91 Å². The Morgan fingerprint density at radius 3 is 2.77 bits per heavy atom. The summed E-state index contributed by atoms with van der Waals surface area (Å²) in [6, 6.07) is 15.3. The fourth-order valence-corrected chi connectivity index (χ4v) is 2.65. The molecule has 1 N–H and O–H groups in total. The first kappa shape index (κ1) is 14.6. The summed E-state index contributed by atoms with van der Waals surface area (Å²) in [7, 11) is 1.66. The second-order valence-corrected chi connectivity index (χ2v) is 5.33. The Morgan fingerprint density at radius 1 is 1.23 bits per heavy atom. The van der Waals surface area contributed by atoms with Crippen molar-refractivity contribution in [2.75, 3.05) is 13.7 Å². The molecule has 0 radical (unpaired) electrons. The predicted molar refractivity (Wildman–Crippen MR) is 83.9 cm³/mol. The number of carbonyl (C=O) groups is 1. The lowest BCUT2D eigenvalue weighted by molar-refractivity contribution is 0.0924. The van der Waals surface area contributed by atoms with E-state index in [4.69, 9.17) is 9.47 Å². The van der Waals surface area contributed by atoms with Crippen LogP contribution in [0.5, 0.6) is 5.75 Å². The zero-order valence-corrected chi connectivity index (χ0v) is 12.5. The molecular formula is C18H19NO3. The third-order valence-corrected chi connectivity index (χ3v) is 3.79. The number of methoxy groups -OCH3 is 1. The van der Waals surface area contributed by atoms with E-state index in [2.05, 4.69) is 5.32 Å². The molecule has 1 atom stereocenters. The Morgan fingerprint density at radius 2 is 2.00 bits per heavy atom. The molecule has 0 unspecified atom stereocenters. The van der Waals surface area contributed by atoms with Crippen molar-refractivity contribution in [1.29, 1.82) is 0 Å². The van der Waals surface area contributed by atoms with Gasteiger partial charge in [0.05, 0.1) is 19.3 Å². The van der Waals surface area contributed by atoms with Gasteiger partial charge in [0.1, 0.15) is 5.75 Å². The first-order chi connectivity index (χ1) is 10.8. The molecule has 1 heterocycles. The second kappa shape index (κ2) is 6.62. The van der Waals surface area contributed by atoms with E-state index >= 15 is 0 Å². The quantitative estimate of drug-likeness (QED) is 0.943. The van der Waals surface area contributed by atoms with Crippen LogP contribution in [0.1, 0.15) is 33.9 Å². The molecule has 22 heavy (non-hydrogen) atoms. The predicted octanol–water partition coefficient (Wildman–Crippen LogP) is 3.09. The number of ether oxygens (including phenoxy) is 2. The standard InChI is InChI=1S/C18H19NO3/c1-21-12-13-6-8-14(9-7-13)18(20)19-16-10-11-22-17-5-3-2-4-15(16)17/h2-9,16H,10-12H2,1H3,(H,19,20)/t16-/m1/s1. The lowest BCUT2D eigenvalue weighted by Crippen LogP contribution is -2.32. The van der Waals surface area contributed by atoms with Crippen LogP contribution in [0, 0.1) is 0 Å². The molecule has 1 aliphatic heterocycles. The van der Waals surface area contributed by atoms with Crippen LogP contribution in [0.25, 0.3) is 0 Å². The van der Waals surface area contributed by atoms with Crippen LogP contribution in [-0.2, 0) is 11.3 Å². The smallest absolute Gasteiger partial charge is 0.251 e. The monoisotopic (exact) mass is 297 g/mol. The van der Waals surface area contributed by atoms with Crippen LogP contribution in [0.15, 0.2) is 48.5 Å². The minimum atomic E-state index is -0.0642. The highest BCUT2D eigenvalue weighted by Gasteiger charge is 2.22. The first-order valence-electron chi connectivity index (χ1n) is 7.38. The summed E-state index contributed by atoms with van der Waals surface area (Å²) in [5, 5.41) is 3.09. The van der Waals surface area contributed by atoms with Gasteiger partial charge < -0.3 is 14.8 Å². The number of carbonyl (C=O) groups excluding carboxylic acids is 1. The number of nitrogens with one attached hydrogen (secondary N) is 1. The third kappa shape index (κ3) is 3.12. The number of hydrogen-bond acceptors (Lipinski definition) is 3. The molecule has 2 aromatic rings. The molecule has 0 aliphatic carbocycles. The van der Waals surface area contributed by atoms with Crippen LogP contribution in [-0.4, -0.2) is 19.6 Å². The fraction of sp³-hybridized carbons (Fsp3) is 0.278. The van der Waals surface area contributed by atoms with Gasteiger partial charge in [-0.2, -0.15) is 0 Å². The van der Waals surface area contributed by atoms with Crippen LogP contribution in [0.4, 0.5) is 0 Å². The van der Waals surface area contributed by atoms with Gasteiger partial charge >= 0.3 is 0 Å². The van der Waals surface area contributed by atoms with Crippen molar-refractivity contribution < 1.29 is 14.3 Å². The van der Waals surface area contributed by atoms with Gasteiger partial charge in [-0.3, -0.25) is 4.79 Å². The number of rotatable bonds is 4. The zero-order chi connectivity index (χ0) is 15.4. The average molecular weight is 297 g/mol. The molecule has 4 nitrogen and oxygen atoms in total. The highest BCUT2D eigenvalue weighted by molar-refractivity contribution is 5.94. The molecule has 2 aromatic carbocycles. The van der Waals surface area contributed by atoms with Gasteiger partial charge in [-0.05, 0) is 23.8 Å². The summed E-state index contributed by atoms with van der Waals surface area (Å²) >= 11 is 0. The SMILES string of the molecule is COCc1ccc(C(=O)N[C@@H]2CCOc3ccccc32)cc1. The van der Waals surface area contributed by atoms with E-state index in [0.29, 0.717) is 18.8 Å². The molecule has 0 bridgehead atoms. The van der Waals surface area contributed by atoms with E-state index in [1.807, 2.05) is 48.5 Å². The van der Waals surface area contributed by atoms with Crippen LogP contribution in [0.3, 0.4) is 0 Å². The summed E-state index contributed by atoms with van der Waals surface area (Å²) in [6.07, 6.45) is 0.782. The van der Waals surface area contributed by atoms with Gasteiger partial charge in [0.15, 0.2) is 0 Å². The van der Waals surface area contributed by atoms with Crippen LogP contribution < -0.4 is 10.1 Å².